The zero-order valence-corrected chi connectivity index (χ0v) is 11.8. The molecule has 1 aromatic carbocycles. The van der Waals surface area contributed by atoms with E-state index < -0.39 is 0 Å². The molecular weight excluding hydrogens is 274 g/mol. The van der Waals surface area contributed by atoms with Crippen molar-refractivity contribution in [1.29, 1.82) is 0 Å². The van der Waals surface area contributed by atoms with Gasteiger partial charge in [0.25, 0.3) is 0 Å². The quantitative estimate of drug-likeness (QED) is 0.877. The van der Waals surface area contributed by atoms with Gasteiger partial charge in [-0.15, -0.1) is 0 Å². The molecule has 0 aromatic heterocycles. The van der Waals surface area contributed by atoms with Crippen molar-refractivity contribution in [3.63, 3.8) is 0 Å². The summed E-state index contributed by atoms with van der Waals surface area (Å²) < 4.78 is 11.0. The first-order chi connectivity index (χ1) is 10.2. The summed E-state index contributed by atoms with van der Waals surface area (Å²) in [5.41, 5.74) is 0.753. The second-order valence-corrected chi connectivity index (χ2v) is 4.86. The second-order valence-electron chi connectivity index (χ2n) is 4.86. The fourth-order valence-electron chi connectivity index (χ4n) is 2.42. The van der Waals surface area contributed by atoms with Gasteiger partial charge >= 0.3 is 6.03 Å². The van der Waals surface area contributed by atoms with Crippen LogP contribution in [0, 0.1) is 0 Å². The number of carbonyl (C=O) groups is 2. The van der Waals surface area contributed by atoms with Crippen LogP contribution in [0.3, 0.4) is 0 Å². The number of hydrogen-bond acceptors (Lipinski definition) is 4. The third-order valence-electron chi connectivity index (χ3n) is 3.55. The summed E-state index contributed by atoms with van der Waals surface area (Å²) in [6, 6.07) is 5.26. The van der Waals surface area contributed by atoms with E-state index in [9.17, 15) is 9.59 Å². The molecule has 1 N–H and O–H groups in total. The first kappa shape index (κ1) is 13.5. The molecule has 0 unspecified atom stereocenters. The lowest BCUT2D eigenvalue weighted by Crippen LogP contribution is -2.38. The molecule has 0 saturated carbocycles. The molecule has 2 aliphatic heterocycles. The molecular formula is C14H17N3O4. The molecule has 3 rings (SSSR count). The van der Waals surface area contributed by atoms with E-state index in [0.29, 0.717) is 37.8 Å². The largest absolute Gasteiger partial charge is 0.486 e. The molecule has 3 amide bonds. The number of nitrogens with zero attached hydrogens (tertiary/aromatic N) is 2. The van der Waals surface area contributed by atoms with E-state index in [1.165, 1.54) is 4.90 Å². The fourth-order valence-corrected chi connectivity index (χ4v) is 2.42. The number of nitrogens with one attached hydrogen (secondary N) is 1. The number of rotatable bonds is 3. The van der Waals surface area contributed by atoms with Crippen molar-refractivity contribution >= 4 is 17.6 Å². The Hall–Kier alpha value is -2.44. The van der Waals surface area contributed by atoms with E-state index in [4.69, 9.17) is 9.47 Å². The molecule has 0 spiro atoms. The van der Waals surface area contributed by atoms with Gasteiger partial charge in [0.1, 0.15) is 19.8 Å². The monoisotopic (exact) mass is 291 g/mol. The number of urea groups is 1. The Morgan fingerprint density at radius 1 is 1.24 bits per heavy atom. The van der Waals surface area contributed by atoms with Crippen LogP contribution in [0.25, 0.3) is 0 Å². The van der Waals surface area contributed by atoms with Crippen molar-refractivity contribution in [1.82, 2.24) is 10.2 Å². The van der Waals surface area contributed by atoms with E-state index >= 15 is 0 Å². The van der Waals surface area contributed by atoms with Crippen LogP contribution >= 0.6 is 0 Å². The van der Waals surface area contributed by atoms with Gasteiger partial charge in [0.05, 0.1) is 0 Å². The maximum atomic E-state index is 12.3. The van der Waals surface area contributed by atoms with Crippen molar-refractivity contribution in [2.24, 2.45) is 0 Å². The SMILES string of the molecule is CNC(=O)CN1CCN(c2ccc3c(c2)OCCO3)C1=O. The lowest BCUT2D eigenvalue weighted by Gasteiger charge is -2.22. The second kappa shape index (κ2) is 5.51. The molecule has 0 radical (unpaired) electrons. The minimum Gasteiger partial charge on any atom is -0.486 e. The van der Waals surface area contributed by atoms with E-state index in [-0.39, 0.29) is 18.5 Å². The molecule has 2 heterocycles. The smallest absolute Gasteiger partial charge is 0.325 e. The summed E-state index contributed by atoms with van der Waals surface area (Å²) in [7, 11) is 1.56. The Kier molecular flexibility index (Phi) is 3.55. The highest BCUT2D eigenvalue weighted by molar-refractivity contribution is 5.96. The van der Waals surface area contributed by atoms with Gasteiger partial charge in [0, 0.05) is 31.9 Å². The lowest BCUT2D eigenvalue weighted by atomic mass is 10.2. The average molecular weight is 291 g/mol. The maximum Gasteiger partial charge on any atom is 0.325 e. The number of hydrogen-bond donors (Lipinski definition) is 1. The predicted molar refractivity (Wildman–Crippen MR) is 75.8 cm³/mol. The predicted octanol–water partition coefficient (Wildman–Crippen LogP) is 0.446. The molecule has 1 fully saturated rings. The Morgan fingerprint density at radius 3 is 2.76 bits per heavy atom. The highest BCUT2D eigenvalue weighted by Gasteiger charge is 2.31. The van der Waals surface area contributed by atoms with Crippen LogP contribution in [0.15, 0.2) is 18.2 Å². The normalized spacial score (nSPS) is 17.1. The third kappa shape index (κ3) is 2.58. The number of benzene rings is 1. The standard InChI is InChI=1S/C14H17N3O4/c1-15-13(18)9-16-4-5-17(14(16)19)10-2-3-11-12(8-10)21-7-6-20-11/h2-3,8H,4-7,9H2,1H3,(H,15,18). The van der Waals surface area contributed by atoms with E-state index in [2.05, 4.69) is 5.32 Å². The average Bonchev–Trinajstić information content (AvgIpc) is 2.87. The van der Waals surface area contributed by atoms with Crippen LogP contribution in [-0.4, -0.2) is 56.7 Å². The van der Waals surface area contributed by atoms with Gasteiger partial charge in [-0.1, -0.05) is 0 Å². The van der Waals surface area contributed by atoms with Crippen molar-refractivity contribution < 1.29 is 19.1 Å². The number of amides is 3. The number of fused-ring (bicyclic) bond motifs is 1. The summed E-state index contributed by atoms with van der Waals surface area (Å²) >= 11 is 0. The van der Waals surface area contributed by atoms with Gasteiger partial charge in [0.2, 0.25) is 5.91 Å². The van der Waals surface area contributed by atoms with Gasteiger partial charge in [-0.25, -0.2) is 4.79 Å². The summed E-state index contributed by atoms with van der Waals surface area (Å²) in [4.78, 5) is 26.9. The van der Waals surface area contributed by atoms with E-state index in [1.807, 2.05) is 6.07 Å². The molecule has 1 saturated heterocycles. The number of carbonyl (C=O) groups excluding carboxylic acids is 2. The van der Waals surface area contributed by atoms with E-state index in [1.54, 1.807) is 24.1 Å². The minimum absolute atomic E-state index is 0.0797. The number of likely N-dealkylation sites (N-methyl/N-ethyl adjacent to an activating group) is 1. The van der Waals surface area contributed by atoms with Gasteiger partial charge in [0.15, 0.2) is 11.5 Å². The molecule has 0 atom stereocenters. The topological polar surface area (TPSA) is 71.1 Å². The summed E-state index contributed by atoms with van der Waals surface area (Å²) in [6.07, 6.45) is 0. The summed E-state index contributed by atoms with van der Waals surface area (Å²) in [5.74, 6) is 1.17. The Morgan fingerprint density at radius 2 is 2.00 bits per heavy atom. The van der Waals surface area contributed by atoms with Gasteiger partial charge in [-0.2, -0.15) is 0 Å². The molecule has 7 nitrogen and oxygen atoms in total. The van der Waals surface area contributed by atoms with Crippen LogP contribution in [0.4, 0.5) is 10.5 Å². The molecule has 0 bridgehead atoms. The van der Waals surface area contributed by atoms with Gasteiger partial charge in [-0.3, -0.25) is 9.69 Å². The molecule has 112 valence electrons. The maximum absolute atomic E-state index is 12.3. The fraction of sp³-hybridized carbons (Fsp3) is 0.429. The zero-order valence-electron chi connectivity index (χ0n) is 11.8. The van der Waals surface area contributed by atoms with E-state index in [0.717, 1.165) is 5.69 Å². The first-order valence-electron chi connectivity index (χ1n) is 6.85. The van der Waals surface area contributed by atoms with Crippen LogP contribution in [0.5, 0.6) is 11.5 Å². The van der Waals surface area contributed by atoms with Crippen molar-refractivity contribution in [3.8, 4) is 11.5 Å². The third-order valence-corrected chi connectivity index (χ3v) is 3.55. The highest BCUT2D eigenvalue weighted by Crippen LogP contribution is 2.34. The van der Waals surface area contributed by atoms with Crippen LogP contribution in [-0.2, 0) is 4.79 Å². The summed E-state index contributed by atoms with van der Waals surface area (Å²) in [5, 5.41) is 2.52. The Balaban J connectivity index is 1.75. The van der Waals surface area contributed by atoms with Crippen molar-refractivity contribution in [3.05, 3.63) is 18.2 Å². The molecule has 1 aromatic rings. The van der Waals surface area contributed by atoms with Crippen LogP contribution in [0.1, 0.15) is 0 Å². The minimum atomic E-state index is -0.174. The first-order valence-corrected chi connectivity index (χ1v) is 6.85. The van der Waals surface area contributed by atoms with Gasteiger partial charge in [-0.05, 0) is 12.1 Å². The van der Waals surface area contributed by atoms with Crippen LogP contribution < -0.4 is 19.7 Å². The van der Waals surface area contributed by atoms with Crippen molar-refractivity contribution in [2.75, 3.05) is 44.8 Å². The molecule has 21 heavy (non-hydrogen) atoms. The number of anilines is 1. The Labute approximate surface area is 122 Å². The lowest BCUT2D eigenvalue weighted by molar-refractivity contribution is -0.121. The summed E-state index contributed by atoms with van der Waals surface area (Å²) in [6.45, 7) is 2.20. The molecule has 2 aliphatic rings. The van der Waals surface area contributed by atoms with Crippen LogP contribution in [0.2, 0.25) is 0 Å². The number of ether oxygens (including phenoxy) is 2. The Bertz CT molecular complexity index is 575. The highest BCUT2D eigenvalue weighted by atomic mass is 16.6. The van der Waals surface area contributed by atoms with Gasteiger partial charge < -0.3 is 19.7 Å². The molecule has 7 heteroatoms. The molecule has 0 aliphatic carbocycles. The van der Waals surface area contributed by atoms with Crippen molar-refractivity contribution in [2.45, 2.75) is 0 Å². The zero-order chi connectivity index (χ0) is 14.8.